The molecule has 0 aromatic heterocycles. The zero-order valence-corrected chi connectivity index (χ0v) is 13.4. The van der Waals surface area contributed by atoms with E-state index >= 15 is 0 Å². The predicted molar refractivity (Wildman–Crippen MR) is 82.7 cm³/mol. The first-order chi connectivity index (χ1) is 9.70. The predicted octanol–water partition coefficient (Wildman–Crippen LogP) is 4.82. The highest BCUT2D eigenvalue weighted by atomic mass is 16.5. The van der Waals surface area contributed by atoms with Gasteiger partial charge in [0.2, 0.25) is 0 Å². The minimum Gasteiger partial charge on any atom is -0.469 e. The van der Waals surface area contributed by atoms with Crippen LogP contribution in [0.2, 0.25) is 0 Å². The second-order valence-corrected chi connectivity index (χ2v) is 5.55. The Labute approximate surface area is 124 Å². The van der Waals surface area contributed by atoms with Gasteiger partial charge in [-0.25, -0.2) is 0 Å². The molecule has 0 amide bonds. The number of rotatable bonds is 14. The van der Waals surface area contributed by atoms with E-state index < -0.39 is 0 Å². The summed E-state index contributed by atoms with van der Waals surface area (Å²) in [6, 6.07) is 0. The Kier molecular flexibility index (Phi) is 13.9. The van der Waals surface area contributed by atoms with Crippen LogP contribution in [-0.4, -0.2) is 18.9 Å². The molecule has 0 heterocycles. The maximum absolute atomic E-state index is 11.5. The molecule has 3 nitrogen and oxygen atoms in total. The Hall–Kier alpha value is -0.860. The van der Waals surface area contributed by atoms with Crippen molar-refractivity contribution in [1.82, 2.24) is 0 Å². The number of hydrogen-bond acceptors (Lipinski definition) is 3. The first-order valence-electron chi connectivity index (χ1n) is 8.29. The fourth-order valence-corrected chi connectivity index (χ4v) is 2.25. The zero-order chi connectivity index (χ0) is 15.1. The lowest BCUT2D eigenvalue weighted by Crippen LogP contribution is -1.99. The quantitative estimate of drug-likeness (QED) is 0.339. The number of methoxy groups -OCH3 is 1. The van der Waals surface area contributed by atoms with Crippen molar-refractivity contribution >= 4 is 11.8 Å². The molecule has 0 bridgehead atoms. The Morgan fingerprint density at radius 1 is 0.700 bits per heavy atom. The van der Waals surface area contributed by atoms with E-state index in [1.807, 2.05) is 0 Å². The lowest BCUT2D eigenvalue weighted by Gasteiger charge is -2.02. The van der Waals surface area contributed by atoms with Crippen molar-refractivity contribution in [2.75, 3.05) is 7.11 Å². The molecule has 3 heteroatoms. The van der Waals surface area contributed by atoms with Crippen LogP contribution in [0.3, 0.4) is 0 Å². The van der Waals surface area contributed by atoms with Gasteiger partial charge in [-0.1, -0.05) is 51.9 Å². The number of carbonyl (C=O) groups excluding carboxylic acids is 2. The number of hydrogen-bond donors (Lipinski definition) is 0. The summed E-state index contributed by atoms with van der Waals surface area (Å²) in [4.78, 5) is 22.3. The van der Waals surface area contributed by atoms with Crippen LogP contribution in [0.4, 0.5) is 0 Å². The molecule has 0 aliphatic heterocycles. The summed E-state index contributed by atoms with van der Waals surface area (Å²) in [6.07, 6.45) is 13.5. The molecule has 0 aliphatic rings. The van der Waals surface area contributed by atoms with Crippen LogP contribution in [0.5, 0.6) is 0 Å². The number of carbonyl (C=O) groups is 2. The van der Waals surface area contributed by atoms with Gasteiger partial charge in [0.1, 0.15) is 5.78 Å². The average molecular weight is 284 g/mol. The van der Waals surface area contributed by atoms with E-state index in [4.69, 9.17) is 0 Å². The summed E-state index contributed by atoms with van der Waals surface area (Å²) in [7, 11) is 1.44. The summed E-state index contributed by atoms with van der Waals surface area (Å²) in [5.74, 6) is 0.340. The molecule has 0 rings (SSSR count). The number of Topliss-reactive ketones (excluding diaryl/α,β-unsaturated/α-hetero) is 1. The highest BCUT2D eigenvalue weighted by Crippen LogP contribution is 2.11. The summed E-state index contributed by atoms with van der Waals surface area (Å²) in [5, 5.41) is 0. The molecule has 0 saturated carbocycles. The second kappa shape index (κ2) is 14.5. The van der Waals surface area contributed by atoms with Crippen molar-refractivity contribution in [2.45, 2.75) is 90.4 Å². The number of esters is 1. The third kappa shape index (κ3) is 13.6. The molecule has 118 valence electrons. The van der Waals surface area contributed by atoms with Crippen LogP contribution in [-0.2, 0) is 14.3 Å². The van der Waals surface area contributed by atoms with Crippen LogP contribution >= 0.6 is 0 Å². The molecule has 0 fully saturated rings. The molecule has 0 N–H and O–H groups in total. The highest BCUT2D eigenvalue weighted by Gasteiger charge is 2.01. The van der Waals surface area contributed by atoms with Gasteiger partial charge in [-0.05, 0) is 19.3 Å². The minimum absolute atomic E-state index is 0.0993. The lowest BCUT2D eigenvalue weighted by molar-refractivity contribution is -0.140. The molecule has 20 heavy (non-hydrogen) atoms. The molecule has 0 radical (unpaired) electrons. The monoisotopic (exact) mass is 284 g/mol. The van der Waals surface area contributed by atoms with Gasteiger partial charge in [-0.3, -0.25) is 9.59 Å². The summed E-state index contributed by atoms with van der Waals surface area (Å²) >= 11 is 0. The molecule has 0 aromatic rings. The SMILES string of the molecule is CCCCC(=O)CCCCCCCCCCC(=O)OC. The van der Waals surface area contributed by atoms with Gasteiger partial charge >= 0.3 is 5.97 Å². The van der Waals surface area contributed by atoms with Crippen molar-refractivity contribution in [2.24, 2.45) is 0 Å². The Morgan fingerprint density at radius 3 is 1.65 bits per heavy atom. The van der Waals surface area contributed by atoms with Crippen LogP contribution in [0.1, 0.15) is 90.4 Å². The zero-order valence-electron chi connectivity index (χ0n) is 13.4. The Balaban J connectivity index is 3.13. The van der Waals surface area contributed by atoms with Crippen LogP contribution in [0, 0.1) is 0 Å². The van der Waals surface area contributed by atoms with E-state index in [-0.39, 0.29) is 5.97 Å². The minimum atomic E-state index is -0.0993. The maximum Gasteiger partial charge on any atom is 0.305 e. The maximum atomic E-state index is 11.5. The van der Waals surface area contributed by atoms with E-state index in [1.165, 1.54) is 39.2 Å². The topological polar surface area (TPSA) is 43.4 Å². The van der Waals surface area contributed by atoms with Crippen molar-refractivity contribution in [1.29, 1.82) is 0 Å². The van der Waals surface area contributed by atoms with Gasteiger partial charge in [0.25, 0.3) is 0 Å². The summed E-state index contributed by atoms with van der Waals surface area (Å²) in [6.45, 7) is 2.12. The van der Waals surface area contributed by atoms with E-state index in [2.05, 4.69) is 11.7 Å². The van der Waals surface area contributed by atoms with Crippen LogP contribution in [0.15, 0.2) is 0 Å². The first-order valence-corrected chi connectivity index (χ1v) is 8.29. The smallest absolute Gasteiger partial charge is 0.305 e. The largest absolute Gasteiger partial charge is 0.469 e. The van der Waals surface area contributed by atoms with E-state index in [9.17, 15) is 9.59 Å². The number of ketones is 1. The number of ether oxygens (including phenoxy) is 1. The normalized spacial score (nSPS) is 10.5. The van der Waals surface area contributed by atoms with Crippen molar-refractivity contribution < 1.29 is 14.3 Å². The van der Waals surface area contributed by atoms with Gasteiger partial charge in [-0.2, -0.15) is 0 Å². The first kappa shape index (κ1) is 19.1. The molecule has 0 atom stereocenters. The van der Waals surface area contributed by atoms with Crippen molar-refractivity contribution in [3.05, 3.63) is 0 Å². The van der Waals surface area contributed by atoms with Gasteiger partial charge in [0, 0.05) is 19.3 Å². The van der Waals surface area contributed by atoms with Crippen LogP contribution in [0.25, 0.3) is 0 Å². The third-order valence-corrected chi connectivity index (χ3v) is 3.62. The number of unbranched alkanes of at least 4 members (excludes halogenated alkanes) is 8. The molecule has 0 spiro atoms. The van der Waals surface area contributed by atoms with E-state index in [0.29, 0.717) is 12.2 Å². The fraction of sp³-hybridized carbons (Fsp3) is 0.882. The fourth-order valence-electron chi connectivity index (χ4n) is 2.25. The van der Waals surface area contributed by atoms with Crippen molar-refractivity contribution in [3.63, 3.8) is 0 Å². The molecule has 0 aliphatic carbocycles. The molecular formula is C17H32O3. The average Bonchev–Trinajstić information content (AvgIpc) is 2.46. The van der Waals surface area contributed by atoms with E-state index in [0.717, 1.165) is 44.9 Å². The second-order valence-electron chi connectivity index (χ2n) is 5.55. The molecule has 0 aromatic carbocycles. The van der Waals surface area contributed by atoms with Crippen molar-refractivity contribution in [3.8, 4) is 0 Å². The van der Waals surface area contributed by atoms with Gasteiger partial charge in [0.15, 0.2) is 0 Å². The van der Waals surface area contributed by atoms with Gasteiger partial charge < -0.3 is 4.74 Å². The standard InChI is InChI=1S/C17H32O3/c1-3-4-13-16(18)14-11-9-7-5-6-8-10-12-15-17(19)20-2/h3-15H2,1-2H3. The van der Waals surface area contributed by atoms with Crippen LogP contribution < -0.4 is 0 Å². The Bertz CT molecular complexity index is 249. The summed E-state index contributed by atoms with van der Waals surface area (Å²) in [5.41, 5.74) is 0. The van der Waals surface area contributed by atoms with Gasteiger partial charge in [-0.15, -0.1) is 0 Å². The van der Waals surface area contributed by atoms with E-state index in [1.54, 1.807) is 0 Å². The third-order valence-electron chi connectivity index (χ3n) is 3.62. The lowest BCUT2D eigenvalue weighted by atomic mass is 10.0. The highest BCUT2D eigenvalue weighted by molar-refractivity contribution is 5.78. The molecular weight excluding hydrogens is 252 g/mol. The van der Waals surface area contributed by atoms with Gasteiger partial charge in [0.05, 0.1) is 7.11 Å². The Morgan fingerprint density at radius 2 is 1.15 bits per heavy atom. The molecule has 0 saturated heterocycles. The summed E-state index contributed by atoms with van der Waals surface area (Å²) < 4.78 is 4.60. The molecule has 0 unspecified atom stereocenters.